The van der Waals surface area contributed by atoms with Gasteiger partial charge in [-0.2, -0.15) is 0 Å². The van der Waals surface area contributed by atoms with Gasteiger partial charge in [-0.3, -0.25) is 4.99 Å². The highest BCUT2D eigenvalue weighted by molar-refractivity contribution is 7.09. The Balaban J connectivity index is 1.55. The molecule has 1 aliphatic rings. The minimum Gasteiger partial charge on any atom is -0.356 e. The van der Waals surface area contributed by atoms with Crippen molar-refractivity contribution in [3.63, 3.8) is 0 Å². The highest BCUT2D eigenvalue weighted by Crippen LogP contribution is 2.48. The van der Waals surface area contributed by atoms with Crippen molar-refractivity contribution in [2.24, 2.45) is 4.99 Å². The van der Waals surface area contributed by atoms with Crippen LogP contribution in [0.2, 0.25) is 0 Å². The van der Waals surface area contributed by atoms with Gasteiger partial charge in [0, 0.05) is 24.4 Å². The smallest absolute Gasteiger partial charge is 0.191 e. The number of benzene rings is 1. The average molecular weight is 357 g/mol. The number of nitrogens with one attached hydrogen (secondary N) is 2. The standard InChI is InChI=1S/C20H28N4S/c1-14(2)17-12-25-18(24-17)11-22-19(21-4)23-13-20(9-10-20)16-8-6-5-7-15(16)3/h5-8,12,14H,9-11,13H2,1-4H3,(H2,21,22,23). The fourth-order valence-electron chi connectivity index (χ4n) is 3.16. The predicted octanol–water partition coefficient (Wildman–Crippen LogP) is 3.97. The van der Waals surface area contributed by atoms with Crippen LogP contribution in [0.1, 0.15) is 54.4 Å². The number of rotatable bonds is 6. The summed E-state index contributed by atoms with van der Waals surface area (Å²) in [5, 5.41) is 10.2. The highest BCUT2D eigenvalue weighted by Gasteiger charge is 2.44. The second-order valence-corrected chi connectivity index (χ2v) is 8.14. The summed E-state index contributed by atoms with van der Waals surface area (Å²) in [4.78, 5) is 9.03. The van der Waals surface area contributed by atoms with E-state index in [4.69, 9.17) is 0 Å². The second kappa shape index (κ2) is 7.56. The fraction of sp³-hybridized carbons (Fsp3) is 0.500. The summed E-state index contributed by atoms with van der Waals surface area (Å²) in [5.74, 6) is 1.33. The number of aliphatic imine (C=N–C) groups is 1. The summed E-state index contributed by atoms with van der Waals surface area (Å²) in [7, 11) is 1.82. The number of nitrogens with zero attached hydrogens (tertiary/aromatic N) is 2. The lowest BCUT2D eigenvalue weighted by Gasteiger charge is -2.20. The van der Waals surface area contributed by atoms with Gasteiger partial charge >= 0.3 is 0 Å². The molecule has 134 valence electrons. The van der Waals surface area contributed by atoms with Crippen LogP contribution in [-0.2, 0) is 12.0 Å². The molecular formula is C20H28N4S. The lowest BCUT2D eigenvalue weighted by atomic mass is 9.92. The summed E-state index contributed by atoms with van der Waals surface area (Å²) in [5.41, 5.74) is 4.30. The van der Waals surface area contributed by atoms with E-state index in [2.05, 4.69) is 71.0 Å². The van der Waals surface area contributed by atoms with Gasteiger partial charge in [0.1, 0.15) is 5.01 Å². The molecule has 2 aromatic rings. The third-order valence-corrected chi connectivity index (χ3v) is 5.82. The van der Waals surface area contributed by atoms with Gasteiger partial charge in [0.05, 0.1) is 12.2 Å². The van der Waals surface area contributed by atoms with Crippen molar-refractivity contribution < 1.29 is 0 Å². The van der Waals surface area contributed by atoms with Gasteiger partial charge in [-0.25, -0.2) is 4.98 Å². The van der Waals surface area contributed by atoms with Crippen molar-refractivity contribution in [2.75, 3.05) is 13.6 Å². The molecule has 3 rings (SSSR count). The largest absolute Gasteiger partial charge is 0.356 e. The first-order chi connectivity index (χ1) is 12.0. The zero-order chi connectivity index (χ0) is 17.9. The Kier molecular flexibility index (Phi) is 5.42. The number of aromatic nitrogens is 1. The van der Waals surface area contributed by atoms with Crippen molar-refractivity contribution in [1.29, 1.82) is 0 Å². The Hall–Kier alpha value is -1.88. The topological polar surface area (TPSA) is 49.3 Å². The van der Waals surface area contributed by atoms with Crippen LogP contribution in [0.25, 0.3) is 0 Å². The van der Waals surface area contributed by atoms with Crippen LogP contribution in [-0.4, -0.2) is 24.5 Å². The van der Waals surface area contributed by atoms with Gasteiger partial charge in [-0.1, -0.05) is 38.1 Å². The molecule has 5 heteroatoms. The summed E-state index contributed by atoms with van der Waals surface area (Å²) in [6, 6.07) is 8.73. The van der Waals surface area contributed by atoms with Crippen LogP contribution < -0.4 is 10.6 Å². The van der Waals surface area contributed by atoms with Crippen molar-refractivity contribution in [1.82, 2.24) is 15.6 Å². The summed E-state index contributed by atoms with van der Waals surface area (Å²) < 4.78 is 0. The normalized spacial score (nSPS) is 16.1. The maximum Gasteiger partial charge on any atom is 0.191 e. The molecule has 0 unspecified atom stereocenters. The SMILES string of the molecule is CN=C(NCc1nc(C(C)C)cs1)NCC1(c2ccccc2C)CC1. The monoisotopic (exact) mass is 356 g/mol. The minimum atomic E-state index is 0.273. The van der Waals surface area contributed by atoms with E-state index in [9.17, 15) is 0 Å². The maximum atomic E-state index is 4.67. The van der Waals surface area contributed by atoms with Crippen LogP contribution in [0.4, 0.5) is 0 Å². The van der Waals surface area contributed by atoms with Gasteiger partial charge in [-0.05, 0) is 36.8 Å². The Labute approximate surface area is 154 Å². The first kappa shape index (κ1) is 17.9. The number of aryl methyl sites for hydroxylation is 1. The lowest BCUT2D eigenvalue weighted by Crippen LogP contribution is -2.41. The Morgan fingerprint density at radius 1 is 1.28 bits per heavy atom. The van der Waals surface area contributed by atoms with E-state index in [0.29, 0.717) is 12.5 Å². The molecule has 1 aliphatic carbocycles. The van der Waals surface area contributed by atoms with E-state index < -0.39 is 0 Å². The van der Waals surface area contributed by atoms with Crippen molar-refractivity contribution in [2.45, 2.75) is 51.5 Å². The molecule has 0 spiro atoms. The molecule has 1 saturated carbocycles. The summed E-state index contributed by atoms with van der Waals surface area (Å²) in [6.45, 7) is 8.19. The molecule has 2 N–H and O–H groups in total. The third kappa shape index (κ3) is 4.21. The van der Waals surface area contributed by atoms with Gasteiger partial charge in [0.2, 0.25) is 0 Å². The first-order valence-electron chi connectivity index (χ1n) is 8.99. The zero-order valence-corrected chi connectivity index (χ0v) is 16.4. The van der Waals surface area contributed by atoms with Crippen molar-refractivity contribution in [3.8, 4) is 0 Å². The van der Waals surface area contributed by atoms with Crippen LogP contribution >= 0.6 is 11.3 Å². The molecule has 1 aromatic carbocycles. The molecule has 0 bridgehead atoms. The fourth-order valence-corrected chi connectivity index (χ4v) is 4.06. The number of hydrogen-bond donors (Lipinski definition) is 2. The molecule has 1 aromatic heterocycles. The molecule has 0 amide bonds. The van der Waals surface area contributed by atoms with Crippen LogP contribution in [0.15, 0.2) is 34.6 Å². The van der Waals surface area contributed by atoms with Gasteiger partial charge in [-0.15, -0.1) is 11.3 Å². The lowest BCUT2D eigenvalue weighted by molar-refractivity contribution is 0.641. The summed E-state index contributed by atoms with van der Waals surface area (Å²) >= 11 is 1.71. The van der Waals surface area contributed by atoms with Crippen molar-refractivity contribution in [3.05, 3.63) is 51.5 Å². The molecule has 0 radical (unpaired) electrons. The maximum absolute atomic E-state index is 4.67. The number of thiazole rings is 1. The van der Waals surface area contributed by atoms with E-state index in [0.717, 1.165) is 17.5 Å². The Morgan fingerprint density at radius 3 is 2.64 bits per heavy atom. The van der Waals surface area contributed by atoms with Crippen LogP contribution in [0.5, 0.6) is 0 Å². The quantitative estimate of drug-likeness (QED) is 0.608. The molecule has 0 aliphatic heterocycles. The second-order valence-electron chi connectivity index (χ2n) is 7.20. The third-order valence-electron chi connectivity index (χ3n) is 4.96. The average Bonchev–Trinajstić information content (AvgIpc) is 3.23. The van der Waals surface area contributed by atoms with Gasteiger partial charge < -0.3 is 10.6 Å². The molecule has 0 saturated heterocycles. The van der Waals surface area contributed by atoms with Gasteiger partial charge in [0.25, 0.3) is 0 Å². The van der Waals surface area contributed by atoms with E-state index in [-0.39, 0.29) is 5.41 Å². The summed E-state index contributed by atoms with van der Waals surface area (Å²) in [6.07, 6.45) is 2.48. The van der Waals surface area contributed by atoms with E-state index in [1.54, 1.807) is 11.3 Å². The molecule has 0 atom stereocenters. The van der Waals surface area contributed by atoms with E-state index in [1.165, 1.54) is 29.7 Å². The highest BCUT2D eigenvalue weighted by atomic mass is 32.1. The van der Waals surface area contributed by atoms with Crippen molar-refractivity contribution >= 4 is 17.3 Å². The number of hydrogen-bond acceptors (Lipinski definition) is 3. The van der Waals surface area contributed by atoms with Gasteiger partial charge in [0.15, 0.2) is 5.96 Å². The van der Waals surface area contributed by atoms with Crippen LogP contribution in [0, 0.1) is 6.92 Å². The van der Waals surface area contributed by atoms with E-state index in [1.807, 2.05) is 7.05 Å². The minimum absolute atomic E-state index is 0.273. The number of guanidine groups is 1. The first-order valence-corrected chi connectivity index (χ1v) is 9.87. The Morgan fingerprint density at radius 2 is 2.04 bits per heavy atom. The molecular weight excluding hydrogens is 328 g/mol. The Bertz CT molecular complexity index is 744. The van der Waals surface area contributed by atoms with Crippen LogP contribution in [0.3, 0.4) is 0 Å². The van der Waals surface area contributed by atoms with E-state index >= 15 is 0 Å². The molecule has 1 heterocycles. The predicted molar refractivity (Wildman–Crippen MR) is 106 cm³/mol. The molecule has 4 nitrogen and oxygen atoms in total. The zero-order valence-electron chi connectivity index (χ0n) is 15.6. The molecule has 25 heavy (non-hydrogen) atoms. The molecule has 1 fully saturated rings.